The van der Waals surface area contributed by atoms with Gasteiger partial charge in [0.1, 0.15) is 5.65 Å². The van der Waals surface area contributed by atoms with E-state index in [1.54, 1.807) is 0 Å². The van der Waals surface area contributed by atoms with Crippen LogP contribution in [0.5, 0.6) is 0 Å². The molecule has 1 fully saturated rings. The first-order chi connectivity index (χ1) is 9.13. The number of pyridine rings is 1. The van der Waals surface area contributed by atoms with Gasteiger partial charge in [-0.05, 0) is 25.0 Å². The summed E-state index contributed by atoms with van der Waals surface area (Å²) in [6, 6.07) is 4.28. The fourth-order valence-corrected chi connectivity index (χ4v) is 2.18. The van der Waals surface area contributed by atoms with Crippen LogP contribution in [0.1, 0.15) is 18.5 Å². The van der Waals surface area contributed by atoms with Gasteiger partial charge in [-0.3, -0.25) is 0 Å². The highest BCUT2D eigenvalue weighted by molar-refractivity contribution is 6.30. The maximum absolute atomic E-state index is 5.94. The maximum atomic E-state index is 5.94. The Morgan fingerprint density at radius 2 is 2.32 bits per heavy atom. The predicted octanol–water partition coefficient (Wildman–Crippen LogP) is 1.90. The van der Waals surface area contributed by atoms with Crippen LogP contribution in [0.25, 0.3) is 5.65 Å². The van der Waals surface area contributed by atoms with Crippen LogP contribution < -0.4 is 5.73 Å². The number of nitrogens with zero attached hydrogens (tertiary/aromatic N) is 4. The first-order valence-electron chi connectivity index (χ1n) is 6.29. The molecule has 0 radical (unpaired) electrons. The molecule has 2 aromatic rings. The van der Waals surface area contributed by atoms with E-state index in [4.69, 9.17) is 17.3 Å². The van der Waals surface area contributed by atoms with Gasteiger partial charge in [0, 0.05) is 25.5 Å². The molecule has 1 aliphatic rings. The van der Waals surface area contributed by atoms with Gasteiger partial charge in [-0.2, -0.15) is 0 Å². The van der Waals surface area contributed by atoms with Crippen LogP contribution in [-0.2, 0) is 6.54 Å². The molecule has 0 spiro atoms. The third kappa shape index (κ3) is 2.66. The zero-order chi connectivity index (χ0) is 13.4. The van der Waals surface area contributed by atoms with E-state index in [1.807, 2.05) is 40.9 Å². The third-order valence-electron chi connectivity index (χ3n) is 3.32. The van der Waals surface area contributed by atoms with Gasteiger partial charge < -0.3 is 15.0 Å². The summed E-state index contributed by atoms with van der Waals surface area (Å²) >= 11 is 5.94. The molecule has 0 saturated heterocycles. The van der Waals surface area contributed by atoms with Gasteiger partial charge in [0.2, 0.25) is 0 Å². The van der Waals surface area contributed by atoms with Gasteiger partial charge in [0.15, 0.2) is 5.96 Å². The van der Waals surface area contributed by atoms with Crippen molar-refractivity contribution in [2.24, 2.45) is 10.7 Å². The number of aromatic nitrogens is 2. The van der Waals surface area contributed by atoms with Gasteiger partial charge in [-0.25, -0.2) is 9.98 Å². The maximum Gasteiger partial charge on any atom is 0.191 e. The van der Waals surface area contributed by atoms with Crippen LogP contribution in [0.3, 0.4) is 0 Å². The number of hydrogen-bond donors (Lipinski definition) is 1. The van der Waals surface area contributed by atoms with Crippen molar-refractivity contribution < 1.29 is 0 Å². The summed E-state index contributed by atoms with van der Waals surface area (Å²) in [5.41, 5.74) is 7.69. The summed E-state index contributed by atoms with van der Waals surface area (Å²) in [5, 5.41) is 0.688. The summed E-state index contributed by atoms with van der Waals surface area (Å²) in [6.07, 6.45) is 6.17. The Balaban J connectivity index is 1.75. The molecule has 6 heteroatoms. The first kappa shape index (κ1) is 12.3. The normalized spacial score (nSPS) is 16.0. The van der Waals surface area contributed by atoms with Gasteiger partial charge in [0.25, 0.3) is 0 Å². The van der Waals surface area contributed by atoms with Crippen LogP contribution in [0.2, 0.25) is 5.02 Å². The number of guanidine groups is 1. The van der Waals surface area contributed by atoms with E-state index < -0.39 is 0 Å². The minimum Gasteiger partial charge on any atom is -0.370 e. The topological polar surface area (TPSA) is 58.9 Å². The van der Waals surface area contributed by atoms with Gasteiger partial charge in [-0.1, -0.05) is 11.6 Å². The van der Waals surface area contributed by atoms with Crippen LogP contribution in [0.4, 0.5) is 0 Å². The molecule has 0 bridgehead atoms. The first-order valence-corrected chi connectivity index (χ1v) is 6.67. The lowest BCUT2D eigenvalue weighted by Crippen LogP contribution is -2.35. The molecule has 100 valence electrons. The molecule has 0 atom stereocenters. The minimum absolute atomic E-state index is 0.488. The number of hydrogen-bond acceptors (Lipinski definition) is 2. The highest BCUT2D eigenvalue weighted by Gasteiger charge is 2.27. The number of halogens is 1. The molecule has 1 aliphatic carbocycles. The molecule has 2 aromatic heterocycles. The SMILES string of the molecule is CN(C(N)=NCc1cn2cc(Cl)ccc2n1)C1CC1. The standard InChI is InChI=1S/C13H16ClN5/c1-18(11-3-4-11)13(15)16-6-10-8-19-7-9(14)2-5-12(19)17-10/h2,5,7-8,11H,3-4,6H2,1H3,(H2,15,16). The molecule has 0 aliphatic heterocycles. The molecule has 1 saturated carbocycles. The van der Waals surface area contributed by atoms with Crippen LogP contribution in [0.15, 0.2) is 29.5 Å². The number of aliphatic imine (C=N–C) groups is 1. The highest BCUT2D eigenvalue weighted by Crippen LogP contribution is 2.24. The lowest BCUT2D eigenvalue weighted by Gasteiger charge is -2.16. The highest BCUT2D eigenvalue weighted by atomic mass is 35.5. The van der Waals surface area contributed by atoms with Crippen molar-refractivity contribution in [3.63, 3.8) is 0 Å². The second kappa shape index (κ2) is 4.74. The Morgan fingerprint density at radius 1 is 1.53 bits per heavy atom. The van der Waals surface area contributed by atoms with Gasteiger partial charge in [0.05, 0.1) is 17.3 Å². The summed E-state index contributed by atoms with van der Waals surface area (Å²) in [5.74, 6) is 0.581. The van der Waals surface area contributed by atoms with Crippen molar-refractivity contribution in [3.05, 3.63) is 35.2 Å². The second-order valence-electron chi connectivity index (χ2n) is 4.86. The van der Waals surface area contributed by atoms with Crippen molar-refractivity contribution in [1.29, 1.82) is 0 Å². The lowest BCUT2D eigenvalue weighted by molar-refractivity contribution is 0.487. The number of nitrogens with two attached hydrogens (primary N) is 1. The molecule has 0 aromatic carbocycles. The van der Waals surface area contributed by atoms with Crippen molar-refractivity contribution in [2.45, 2.75) is 25.4 Å². The molecule has 0 unspecified atom stereocenters. The lowest BCUT2D eigenvalue weighted by atomic mass is 10.5. The van der Waals surface area contributed by atoms with Crippen molar-refractivity contribution in [3.8, 4) is 0 Å². The van der Waals surface area contributed by atoms with E-state index in [9.17, 15) is 0 Å². The van der Waals surface area contributed by atoms with E-state index in [-0.39, 0.29) is 0 Å². The average molecular weight is 278 g/mol. The zero-order valence-electron chi connectivity index (χ0n) is 10.8. The Morgan fingerprint density at radius 3 is 3.05 bits per heavy atom. The van der Waals surface area contributed by atoms with Gasteiger partial charge >= 0.3 is 0 Å². The molecule has 2 heterocycles. The Hall–Kier alpha value is -1.75. The summed E-state index contributed by atoms with van der Waals surface area (Å²) in [4.78, 5) is 10.9. The second-order valence-corrected chi connectivity index (χ2v) is 5.30. The smallest absolute Gasteiger partial charge is 0.191 e. The fraction of sp³-hybridized carbons (Fsp3) is 0.385. The number of imidazole rings is 1. The molecule has 19 heavy (non-hydrogen) atoms. The molecule has 2 N–H and O–H groups in total. The molecular weight excluding hydrogens is 262 g/mol. The van der Waals surface area contributed by atoms with E-state index in [1.165, 1.54) is 12.8 Å². The Kier molecular flexibility index (Phi) is 3.06. The summed E-state index contributed by atoms with van der Waals surface area (Å²) in [7, 11) is 1.99. The molecule has 0 amide bonds. The average Bonchev–Trinajstić information content (AvgIpc) is 3.16. The minimum atomic E-state index is 0.488. The van der Waals surface area contributed by atoms with Crippen molar-refractivity contribution in [2.75, 3.05) is 7.05 Å². The van der Waals surface area contributed by atoms with E-state index in [0.717, 1.165) is 11.3 Å². The number of rotatable bonds is 3. The van der Waals surface area contributed by atoms with Crippen LogP contribution in [0, 0.1) is 0 Å². The van der Waals surface area contributed by atoms with Gasteiger partial charge in [-0.15, -0.1) is 0 Å². The predicted molar refractivity (Wildman–Crippen MR) is 76.3 cm³/mol. The van der Waals surface area contributed by atoms with E-state index in [2.05, 4.69) is 9.98 Å². The summed E-state index contributed by atoms with van der Waals surface area (Å²) in [6.45, 7) is 0.488. The van der Waals surface area contributed by atoms with E-state index in [0.29, 0.717) is 23.6 Å². The van der Waals surface area contributed by atoms with Crippen LogP contribution >= 0.6 is 11.6 Å². The zero-order valence-corrected chi connectivity index (χ0v) is 11.5. The summed E-state index contributed by atoms with van der Waals surface area (Å²) < 4.78 is 1.90. The Labute approximate surface area is 116 Å². The van der Waals surface area contributed by atoms with Crippen molar-refractivity contribution >= 4 is 23.2 Å². The third-order valence-corrected chi connectivity index (χ3v) is 3.55. The van der Waals surface area contributed by atoms with E-state index >= 15 is 0 Å². The number of fused-ring (bicyclic) bond motifs is 1. The quantitative estimate of drug-likeness (QED) is 0.689. The molecule has 5 nitrogen and oxygen atoms in total. The fourth-order valence-electron chi connectivity index (χ4n) is 2.02. The van der Waals surface area contributed by atoms with Crippen molar-refractivity contribution in [1.82, 2.24) is 14.3 Å². The largest absolute Gasteiger partial charge is 0.370 e. The monoisotopic (exact) mass is 277 g/mol. The molecule has 3 rings (SSSR count). The Bertz CT molecular complexity index is 629. The molecular formula is C13H16ClN5. The van der Waals surface area contributed by atoms with Crippen LogP contribution in [-0.4, -0.2) is 33.3 Å².